The lowest BCUT2D eigenvalue weighted by Crippen LogP contribution is -2.61. The van der Waals surface area contributed by atoms with E-state index >= 15 is 4.39 Å². The first-order valence-electron chi connectivity index (χ1n) is 16.9. The molecule has 0 spiro atoms. The third-order valence-electron chi connectivity index (χ3n) is 9.08. The van der Waals surface area contributed by atoms with E-state index in [1.54, 1.807) is 27.7 Å². The zero-order valence-electron chi connectivity index (χ0n) is 29.2. The number of azide groups is 1. The molecule has 2 aliphatic rings. The summed E-state index contributed by atoms with van der Waals surface area (Å²) in [5.74, 6) is -5.28. The highest BCUT2D eigenvalue weighted by Crippen LogP contribution is 2.37. The van der Waals surface area contributed by atoms with Gasteiger partial charge in [-0.2, -0.15) is 4.31 Å². The van der Waals surface area contributed by atoms with E-state index in [0.717, 1.165) is 30.5 Å². The highest BCUT2D eigenvalue weighted by molar-refractivity contribution is 7.90. The van der Waals surface area contributed by atoms with Crippen molar-refractivity contribution in [3.05, 3.63) is 111 Å². The lowest BCUT2D eigenvalue weighted by Gasteiger charge is -2.45. The number of hydrogen-bond acceptors (Lipinski definition) is 7. The number of amides is 1. The summed E-state index contributed by atoms with van der Waals surface area (Å²) < 4.78 is 92.5. The van der Waals surface area contributed by atoms with Gasteiger partial charge in [0, 0.05) is 54.7 Å². The molecule has 2 heterocycles. The standard InChI is InChI=1S/C36H40F4N6O5S/c1-21-19-45(35(48)51-36(2,3)4)20-28(46(21)52(49,50)29-10-11-29)9-12-30-24(17-42-18-31(30)40)15-32(47)34(43-44-41)33(22-5-7-25(37)8-6-22)23-13-26(38)16-27(39)14-23/h5-8,13-14,16-18,21,28-29,33-34H,9-12,15,19-20H2,1-4H3/t21-,28+,33+,34-/m1/s1. The van der Waals surface area contributed by atoms with E-state index in [4.69, 9.17) is 4.74 Å². The summed E-state index contributed by atoms with van der Waals surface area (Å²) >= 11 is 0. The van der Waals surface area contributed by atoms with Crippen molar-refractivity contribution in [2.24, 2.45) is 5.11 Å². The predicted octanol–water partition coefficient (Wildman–Crippen LogP) is 7.00. The fourth-order valence-corrected chi connectivity index (χ4v) is 8.98. The summed E-state index contributed by atoms with van der Waals surface area (Å²) in [5.41, 5.74) is 9.06. The first-order valence-corrected chi connectivity index (χ1v) is 18.4. The van der Waals surface area contributed by atoms with Crippen LogP contribution in [0.3, 0.4) is 0 Å². The van der Waals surface area contributed by atoms with Gasteiger partial charge < -0.3 is 9.64 Å². The number of ether oxygens (including phenoxy) is 1. The Morgan fingerprint density at radius 3 is 2.25 bits per heavy atom. The van der Waals surface area contributed by atoms with Crippen LogP contribution in [0, 0.1) is 23.3 Å². The van der Waals surface area contributed by atoms with Gasteiger partial charge in [0.05, 0.1) is 11.4 Å². The maximum absolute atomic E-state index is 15.6. The van der Waals surface area contributed by atoms with E-state index in [-0.39, 0.29) is 48.2 Å². The average Bonchev–Trinajstić information content (AvgIpc) is 3.90. The number of carbonyl (C=O) groups excluding carboxylic acids is 2. The summed E-state index contributed by atoms with van der Waals surface area (Å²) in [6, 6.07) is 4.43. The highest BCUT2D eigenvalue weighted by Gasteiger charge is 2.48. The lowest BCUT2D eigenvalue weighted by molar-refractivity contribution is -0.119. The van der Waals surface area contributed by atoms with Gasteiger partial charge in [-0.1, -0.05) is 17.2 Å². The van der Waals surface area contributed by atoms with Crippen LogP contribution in [-0.4, -0.2) is 76.5 Å². The normalized spacial score (nSPS) is 19.4. The number of halogens is 4. The van der Waals surface area contributed by atoms with Gasteiger partial charge in [0.15, 0.2) is 0 Å². The van der Waals surface area contributed by atoms with E-state index in [1.165, 1.54) is 27.5 Å². The van der Waals surface area contributed by atoms with Gasteiger partial charge in [0.2, 0.25) is 10.0 Å². The maximum Gasteiger partial charge on any atom is 0.410 e. The number of sulfonamides is 1. The Morgan fingerprint density at radius 1 is 1.00 bits per heavy atom. The monoisotopic (exact) mass is 744 g/mol. The first kappa shape index (κ1) is 38.7. The quantitative estimate of drug-likeness (QED) is 0.0846. The molecule has 1 saturated heterocycles. The number of Topliss-reactive ketones (excluding diaryl/α,β-unsaturated/α-hetero) is 1. The fraction of sp³-hybridized carbons (Fsp3) is 0.472. The smallest absolute Gasteiger partial charge is 0.410 e. The number of aromatic nitrogens is 1. The van der Waals surface area contributed by atoms with E-state index < -0.39 is 86.5 Å². The lowest BCUT2D eigenvalue weighted by atomic mass is 9.82. The Kier molecular flexibility index (Phi) is 11.6. The Morgan fingerprint density at radius 2 is 1.65 bits per heavy atom. The molecule has 1 aliphatic heterocycles. The number of rotatable bonds is 12. The number of benzene rings is 2. The number of nitrogens with zero attached hydrogens (tertiary/aromatic N) is 6. The van der Waals surface area contributed by atoms with Crippen LogP contribution in [0.1, 0.15) is 75.1 Å². The summed E-state index contributed by atoms with van der Waals surface area (Å²) in [7, 11) is -3.73. The molecule has 0 N–H and O–H groups in total. The summed E-state index contributed by atoms with van der Waals surface area (Å²) in [4.78, 5) is 35.3. The minimum Gasteiger partial charge on any atom is -0.444 e. The molecule has 3 aromatic rings. The zero-order chi connectivity index (χ0) is 38.0. The van der Waals surface area contributed by atoms with Crippen molar-refractivity contribution < 1.29 is 40.3 Å². The average molecular weight is 745 g/mol. The molecule has 1 aliphatic carbocycles. The fourth-order valence-electron chi connectivity index (χ4n) is 6.75. The summed E-state index contributed by atoms with van der Waals surface area (Å²) in [5, 5.41) is 3.17. The number of pyridine rings is 1. The molecular weight excluding hydrogens is 704 g/mol. The van der Waals surface area contributed by atoms with E-state index in [0.29, 0.717) is 18.9 Å². The Hall–Kier alpha value is -4.53. The van der Waals surface area contributed by atoms with Gasteiger partial charge in [-0.05, 0) is 105 Å². The van der Waals surface area contributed by atoms with Crippen LogP contribution < -0.4 is 0 Å². The molecule has 2 aromatic carbocycles. The minimum atomic E-state index is -3.73. The van der Waals surface area contributed by atoms with Crippen LogP contribution in [0.15, 0.2) is 60.0 Å². The Balaban J connectivity index is 1.45. The predicted molar refractivity (Wildman–Crippen MR) is 184 cm³/mol. The second-order valence-corrected chi connectivity index (χ2v) is 16.4. The van der Waals surface area contributed by atoms with Crippen LogP contribution in [-0.2, 0) is 32.4 Å². The number of ketones is 1. The van der Waals surface area contributed by atoms with Gasteiger partial charge >= 0.3 is 6.09 Å². The molecule has 16 heteroatoms. The third kappa shape index (κ3) is 9.09. The molecule has 278 valence electrons. The Bertz CT molecular complexity index is 1950. The molecule has 1 amide bonds. The van der Waals surface area contributed by atoms with Crippen molar-refractivity contribution in [2.45, 2.75) is 94.7 Å². The van der Waals surface area contributed by atoms with Gasteiger partial charge in [-0.15, -0.1) is 0 Å². The number of piperazine rings is 1. The summed E-state index contributed by atoms with van der Waals surface area (Å²) in [6.07, 6.45) is 2.16. The molecule has 2 fully saturated rings. The van der Waals surface area contributed by atoms with E-state index in [2.05, 4.69) is 15.0 Å². The molecular formula is C36H40F4N6O5S. The third-order valence-corrected chi connectivity index (χ3v) is 11.6. The van der Waals surface area contributed by atoms with Crippen molar-refractivity contribution in [1.82, 2.24) is 14.2 Å². The topological polar surface area (TPSA) is 146 Å². The highest BCUT2D eigenvalue weighted by atomic mass is 32.2. The van der Waals surface area contributed by atoms with Gasteiger partial charge in [0.1, 0.15) is 40.7 Å². The second-order valence-electron chi connectivity index (χ2n) is 14.3. The van der Waals surface area contributed by atoms with Crippen molar-refractivity contribution in [3.63, 3.8) is 0 Å². The SMILES string of the molecule is C[C@@H]1CN(C(=O)OC(C)(C)C)C[C@H](CCc2c(F)cncc2CC(=O)[C@@H](N=[N+]=[N-])[C@@H](c2ccc(F)cc2)c2cc(F)cc(F)c2)N1S(=O)(=O)C1CC1. The van der Waals surface area contributed by atoms with Crippen molar-refractivity contribution in [2.75, 3.05) is 13.1 Å². The second kappa shape index (κ2) is 15.6. The molecule has 11 nitrogen and oxygen atoms in total. The molecule has 1 saturated carbocycles. The minimum absolute atomic E-state index is 0.00528. The van der Waals surface area contributed by atoms with Gasteiger partial charge in [-0.3, -0.25) is 9.78 Å². The van der Waals surface area contributed by atoms with Crippen LogP contribution >= 0.6 is 0 Å². The van der Waals surface area contributed by atoms with E-state index in [9.17, 15) is 36.7 Å². The molecule has 5 rings (SSSR count). The van der Waals surface area contributed by atoms with E-state index in [1.807, 2.05) is 0 Å². The molecule has 1 aromatic heterocycles. The molecule has 0 radical (unpaired) electrons. The van der Waals surface area contributed by atoms with Crippen molar-refractivity contribution >= 4 is 21.9 Å². The van der Waals surface area contributed by atoms with Crippen molar-refractivity contribution in [3.8, 4) is 0 Å². The largest absolute Gasteiger partial charge is 0.444 e. The first-order chi connectivity index (χ1) is 24.5. The van der Waals surface area contributed by atoms with Gasteiger partial charge in [0.25, 0.3) is 0 Å². The van der Waals surface area contributed by atoms with Crippen LogP contribution in [0.2, 0.25) is 0 Å². The molecule has 0 unspecified atom stereocenters. The van der Waals surface area contributed by atoms with Crippen LogP contribution in [0.25, 0.3) is 10.4 Å². The molecule has 52 heavy (non-hydrogen) atoms. The van der Waals surface area contributed by atoms with Crippen molar-refractivity contribution in [1.29, 1.82) is 0 Å². The number of carbonyl (C=O) groups is 2. The molecule has 4 atom stereocenters. The molecule has 0 bridgehead atoms. The van der Waals surface area contributed by atoms with Gasteiger partial charge in [-0.25, -0.2) is 30.8 Å². The van der Waals surface area contributed by atoms with Crippen LogP contribution in [0.5, 0.6) is 0 Å². The number of hydrogen-bond donors (Lipinski definition) is 0. The summed E-state index contributed by atoms with van der Waals surface area (Å²) in [6.45, 7) is 6.97. The van der Waals surface area contributed by atoms with Crippen LogP contribution in [0.4, 0.5) is 22.4 Å². The Labute approximate surface area is 299 Å². The zero-order valence-corrected chi connectivity index (χ0v) is 30.0. The maximum atomic E-state index is 15.6.